The number of carbonyl (C=O) groups is 5. The lowest BCUT2D eigenvalue weighted by Gasteiger charge is -2.38. The van der Waals surface area contributed by atoms with Gasteiger partial charge in [-0.3, -0.25) is 24.0 Å². The second-order valence-electron chi connectivity index (χ2n) is 14.9. The predicted octanol–water partition coefficient (Wildman–Crippen LogP) is 3.01. The first-order chi connectivity index (χ1) is 21.8. The van der Waals surface area contributed by atoms with Crippen molar-refractivity contribution in [1.82, 2.24) is 30.7 Å². The van der Waals surface area contributed by atoms with Gasteiger partial charge in [-0.1, -0.05) is 80.9 Å². The maximum atomic E-state index is 14.3. The summed E-state index contributed by atoms with van der Waals surface area (Å²) in [6, 6.07) is 0.904. The maximum absolute atomic E-state index is 14.3. The van der Waals surface area contributed by atoms with Gasteiger partial charge in [-0.25, -0.2) is 4.79 Å². The van der Waals surface area contributed by atoms with Crippen LogP contribution in [0.3, 0.4) is 0 Å². The van der Waals surface area contributed by atoms with Gasteiger partial charge in [-0.2, -0.15) is 0 Å². The molecule has 1 unspecified atom stereocenters. The quantitative estimate of drug-likeness (QED) is 0.178. The fourth-order valence-electron chi connectivity index (χ4n) is 5.81. The number of rotatable bonds is 14. The van der Waals surface area contributed by atoms with Crippen LogP contribution < -0.4 is 26.8 Å². The van der Waals surface area contributed by atoms with Crippen LogP contribution in [0.2, 0.25) is 0 Å². The Labute approximate surface area is 279 Å². The Morgan fingerprint density at radius 2 is 1.66 bits per heavy atom. The molecule has 0 saturated carbocycles. The molecule has 5 amide bonds. The van der Waals surface area contributed by atoms with E-state index in [1.807, 2.05) is 62.3 Å². The standard InChI is InChI=1S/C35H56N6O6/c1-11-15-24(28(43)31(45)36-18-12-2)37-30(44)27-23(22(3)4)17-20-41(27)32(46)29(35(8,9)10)39-33(47)38-25(34(5,6)7)21-40-19-14-13-16-26(40)42/h12-14,16,19,22-25,27,29H,2,11,15,17-18,20-21H2,1,3-10H3,(H,36,45)(H,37,44)(H2,38,39,47)/t23-,24?,25-,27+,29-/m1/s1. The summed E-state index contributed by atoms with van der Waals surface area (Å²) >= 11 is 0. The second-order valence-corrected chi connectivity index (χ2v) is 14.9. The third-order valence-electron chi connectivity index (χ3n) is 8.71. The molecular formula is C35H56N6O6. The van der Waals surface area contributed by atoms with E-state index in [-0.39, 0.29) is 36.9 Å². The Balaban J connectivity index is 2.34. The smallest absolute Gasteiger partial charge is 0.315 e. The SMILES string of the molecule is C=CCNC(=O)C(=O)C(CCC)NC(=O)[C@@H]1[C@@H](C(C)C)CCN1C(=O)[C@@H](NC(=O)N[C@H](Cn1ccccc1=O)C(C)(C)C)C(C)(C)C. The number of amides is 5. The van der Waals surface area contributed by atoms with E-state index in [2.05, 4.69) is 27.8 Å². The molecule has 5 atom stereocenters. The number of urea groups is 1. The number of pyridine rings is 1. The highest BCUT2D eigenvalue weighted by Crippen LogP contribution is 2.33. The lowest BCUT2D eigenvalue weighted by molar-refractivity contribution is -0.144. The van der Waals surface area contributed by atoms with Crippen LogP contribution in [0.5, 0.6) is 0 Å². The van der Waals surface area contributed by atoms with Crippen molar-refractivity contribution < 1.29 is 24.0 Å². The Hall–Kier alpha value is -3.96. The van der Waals surface area contributed by atoms with Crippen LogP contribution in [0.4, 0.5) is 4.79 Å². The summed E-state index contributed by atoms with van der Waals surface area (Å²) in [5, 5.41) is 11.1. The minimum atomic E-state index is -1.04. The lowest BCUT2D eigenvalue weighted by Crippen LogP contribution is -2.62. The Morgan fingerprint density at radius 1 is 1.00 bits per heavy atom. The van der Waals surface area contributed by atoms with Gasteiger partial charge in [0.2, 0.25) is 17.6 Å². The number of ketones is 1. The number of nitrogens with zero attached hydrogens (tertiary/aromatic N) is 2. The molecular weight excluding hydrogens is 600 g/mol. The fourth-order valence-corrected chi connectivity index (χ4v) is 5.81. The number of hydrogen-bond donors (Lipinski definition) is 4. The first-order valence-corrected chi connectivity index (χ1v) is 16.6. The van der Waals surface area contributed by atoms with Gasteiger partial charge in [-0.15, -0.1) is 6.58 Å². The van der Waals surface area contributed by atoms with Gasteiger partial charge in [0.25, 0.3) is 11.5 Å². The Bertz CT molecular complexity index is 1340. The molecule has 0 bridgehead atoms. The summed E-state index contributed by atoms with van der Waals surface area (Å²) in [4.78, 5) is 81.1. The molecule has 1 aromatic heterocycles. The summed E-state index contributed by atoms with van der Waals surface area (Å²) in [5.74, 6) is -2.64. The van der Waals surface area contributed by atoms with Crippen molar-refractivity contribution in [3.05, 3.63) is 47.4 Å². The third-order valence-corrected chi connectivity index (χ3v) is 8.71. The van der Waals surface area contributed by atoms with E-state index in [1.165, 1.54) is 21.6 Å². The summed E-state index contributed by atoms with van der Waals surface area (Å²) in [5.41, 5.74) is -1.35. The molecule has 1 aromatic rings. The van der Waals surface area contributed by atoms with Crippen molar-refractivity contribution in [1.29, 1.82) is 0 Å². The average Bonchev–Trinajstić information content (AvgIpc) is 3.43. The zero-order valence-corrected chi connectivity index (χ0v) is 29.6. The van der Waals surface area contributed by atoms with Crippen LogP contribution in [-0.2, 0) is 25.7 Å². The zero-order chi connectivity index (χ0) is 35.7. The first-order valence-electron chi connectivity index (χ1n) is 16.6. The molecule has 47 heavy (non-hydrogen) atoms. The lowest BCUT2D eigenvalue weighted by atomic mass is 9.84. The van der Waals surface area contributed by atoms with E-state index in [0.29, 0.717) is 19.4 Å². The predicted molar refractivity (Wildman–Crippen MR) is 182 cm³/mol. The van der Waals surface area contributed by atoms with Crippen LogP contribution in [0.25, 0.3) is 0 Å². The number of Topliss-reactive ketones (excluding diaryl/α,β-unsaturated/α-hetero) is 1. The van der Waals surface area contributed by atoms with Gasteiger partial charge in [0.1, 0.15) is 12.1 Å². The topological polar surface area (TPSA) is 159 Å². The van der Waals surface area contributed by atoms with E-state index >= 15 is 0 Å². The van der Waals surface area contributed by atoms with E-state index in [9.17, 15) is 28.8 Å². The Kier molecular flexibility index (Phi) is 14.0. The first kappa shape index (κ1) is 39.2. The number of nitrogens with one attached hydrogen (secondary N) is 4. The average molecular weight is 657 g/mol. The molecule has 12 heteroatoms. The molecule has 12 nitrogen and oxygen atoms in total. The summed E-state index contributed by atoms with van der Waals surface area (Å²) < 4.78 is 1.53. The van der Waals surface area contributed by atoms with Crippen molar-refractivity contribution in [3.63, 3.8) is 0 Å². The molecule has 1 aliphatic heterocycles. The van der Waals surface area contributed by atoms with Crippen molar-refractivity contribution in [2.45, 2.75) is 112 Å². The molecule has 2 rings (SSSR count). The summed E-state index contributed by atoms with van der Waals surface area (Å²) in [7, 11) is 0. The summed E-state index contributed by atoms with van der Waals surface area (Å²) in [6.07, 6.45) is 4.50. The minimum absolute atomic E-state index is 0.0399. The second kappa shape index (κ2) is 16.7. The highest BCUT2D eigenvalue weighted by molar-refractivity contribution is 6.38. The van der Waals surface area contributed by atoms with E-state index in [0.717, 1.165) is 0 Å². The van der Waals surface area contributed by atoms with E-state index < -0.39 is 64.5 Å². The van der Waals surface area contributed by atoms with Crippen molar-refractivity contribution >= 4 is 29.5 Å². The molecule has 2 heterocycles. The largest absolute Gasteiger partial charge is 0.346 e. The zero-order valence-electron chi connectivity index (χ0n) is 29.6. The van der Waals surface area contributed by atoms with Gasteiger partial charge < -0.3 is 30.7 Å². The van der Waals surface area contributed by atoms with Crippen LogP contribution in [0.1, 0.15) is 81.6 Å². The van der Waals surface area contributed by atoms with Gasteiger partial charge in [0.05, 0.1) is 12.1 Å². The fraction of sp³-hybridized carbons (Fsp3) is 0.657. The molecule has 1 aliphatic rings. The van der Waals surface area contributed by atoms with Crippen LogP contribution in [0.15, 0.2) is 41.8 Å². The number of hydrogen-bond acceptors (Lipinski definition) is 6. The summed E-state index contributed by atoms with van der Waals surface area (Å²) in [6.45, 7) is 21.4. The Morgan fingerprint density at radius 3 is 2.19 bits per heavy atom. The third kappa shape index (κ3) is 10.8. The van der Waals surface area contributed by atoms with E-state index in [1.54, 1.807) is 18.3 Å². The molecule has 4 N–H and O–H groups in total. The van der Waals surface area contributed by atoms with Gasteiger partial charge in [0.15, 0.2) is 0 Å². The van der Waals surface area contributed by atoms with Crippen molar-refractivity contribution in [2.24, 2.45) is 22.7 Å². The molecule has 262 valence electrons. The molecule has 1 fully saturated rings. The van der Waals surface area contributed by atoms with E-state index in [4.69, 9.17) is 0 Å². The normalized spacial score (nSPS) is 18.6. The van der Waals surface area contributed by atoms with Gasteiger partial charge in [-0.05, 0) is 41.6 Å². The monoisotopic (exact) mass is 656 g/mol. The molecule has 0 aromatic carbocycles. The van der Waals surface area contributed by atoms with Crippen LogP contribution >= 0.6 is 0 Å². The molecule has 0 aliphatic carbocycles. The van der Waals surface area contributed by atoms with Gasteiger partial charge >= 0.3 is 6.03 Å². The number of aromatic nitrogens is 1. The van der Waals surface area contributed by atoms with Gasteiger partial charge in [0, 0.05) is 31.9 Å². The van der Waals surface area contributed by atoms with Crippen molar-refractivity contribution in [3.8, 4) is 0 Å². The highest BCUT2D eigenvalue weighted by atomic mass is 16.2. The molecule has 0 radical (unpaired) electrons. The molecule has 0 spiro atoms. The highest BCUT2D eigenvalue weighted by Gasteiger charge is 2.47. The number of carbonyl (C=O) groups excluding carboxylic acids is 5. The maximum Gasteiger partial charge on any atom is 0.315 e. The van der Waals surface area contributed by atoms with Crippen LogP contribution in [0, 0.1) is 22.7 Å². The van der Waals surface area contributed by atoms with Crippen molar-refractivity contribution in [2.75, 3.05) is 13.1 Å². The molecule has 1 saturated heterocycles. The van der Waals surface area contributed by atoms with Crippen LogP contribution in [-0.4, -0.2) is 76.3 Å². The number of likely N-dealkylation sites (tertiary alicyclic amines) is 1. The minimum Gasteiger partial charge on any atom is -0.346 e.